The van der Waals surface area contributed by atoms with E-state index in [0.29, 0.717) is 17.8 Å². The van der Waals surface area contributed by atoms with Crippen LogP contribution in [0.2, 0.25) is 0 Å². The van der Waals surface area contributed by atoms with Crippen molar-refractivity contribution in [3.05, 3.63) is 35.7 Å². The fraction of sp³-hybridized carbons (Fsp3) is 0.579. The summed E-state index contributed by atoms with van der Waals surface area (Å²) in [6.45, 7) is 11.7. The molecule has 6 nitrogen and oxygen atoms in total. The summed E-state index contributed by atoms with van der Waals surface area (Å²) in [5.41, 5.74) is 2.16. The van der Waals surface area contributed by atoms with Crippen LogP contribution >= 0.6 is 0 Å². The molecule has 1 fully saturated rings. The smallest absolute Gasteiger partial charge is 0.247 e. The Kier molecular flexibility index (Phi) is 5.51. The Balaban J connectivity index is 1.66. The predicted octanol–water partition coefficient (Wildman–Crippen LogP) is 2.49. The first-order chi connectivity index (χ1) is 11.9. The SMILES string of the molecule is Cc1ccc(-c2nnc([C@H](C)N3CCN(C[C@H](C)O)[C@H](C)C3)o2)cc1. The van der Waals surface area contributed by atoms with Crippen molar-refractivity contribution >= 4 is 0 Å². The molecule has 0 saturated carbocycles. The van der Waals surface area contributed by atoms with E-state index in [9.17, 15) is 5.11 Å². The lowest BCUT2D eigenvalue weighted by Gasteiger charge is -2.42. The first-order valence-corrected chi connectivity index (χ1v) is 9.00. The van der Waals surface area contributed by atoms with Crippen molar-refractivity contribution in [2.24, 2.45) is 0 Å². The van der Waals surface area contributed by atoms with Crippen molar-refractivity contribution in [1.29, 1.82) is 0 Å². The number of aliphatic hydroxyl groups is 1. The number of nitrogens with zero attached hydrogens (tertiary/aromatic N) is 4. The molecule has 6 heteroatoms. The van der Waals surface area contributed by atoms with Gasteiger partial charge in [0.1, 0.15) is 0 Å². The highest BCUT2D eigenvalue weighted by atomic mass is 16.4. The van der Waals surface area contributed by atoms with Crippen LogP contribution in [0.15, 0.2) is 28.7 Å². The van der Waals surface area contributed by atoms with E-state index in [2.05, 4.69) is 40.8 Å². The standard InChI is InChI=1S/C19H28N4O2/c1-13-5-7-17(8-6-13)19-21-20-18(25-19)16(4)23-10-9-22(12-15(3)24)14(2)11-23/h5-8,14-16,24H,9-12H2,1-4H3/t14-,15+,16+/m1/s1. The Morgan fingerprint density at radius 2 is 1.92 bits per heavy atom. The van der Waals surface area contributed by atoms with Gasteiger partial charge in [-0.25, -0.2) is 0 Å². The van der Waals surface area contributed by atoms with Crippen molar-refractivity contribution in [2.75, 3.05) is 26.2 Å². The molecule has 136 valence electrons. The lowest BCUT2D eigenvalue weighted by molar-refractivity contribution is 0.0257. The van der Waals surface area contributed by atoms with E-state index in [1.807, 2.05) is 31.2 Å². The van der Waals surface area contributed by atoms with Crippen LogP contribution in [0.4, 0.5) is 0 Å². The molecule has 0 unspecified atom stereocenters. The van der Waals surface area contributed by atoms with Gasteiger partial charge in [-0.2, -0.15) is 0 Å². The van der Waals surface area contributed by atoms with Gasteiger partial charge in [0.2, 0.25) is 11.8 Å². The van der Waals surface area contributed by atoms with Gasteiger partial charge in [-0.1, -0.05) is 17.7 Å². The maximum Gasteiger partial charge on any atom is 0.247 e. The van der Waals surface area contributed by atoms with Crippen LogP contribution in [0.3, 0.4) is 0 Å². The number of hydrogen-bond donors (Lipinski definition) is 1. The zero-order chi connectivity index (χ0) is 18.0. The third-order valence-corrected chi connectivity index (χ3v) is 4.94. The van der Waals surface area contributed by atoms with E-state index in [0.717, 1.165) is 31.7 Å². The average Bonchev–Trinajstić information content (AvgIpc) is 3.06. The molecule has 0 aliphatic carbocycles. The maximum atomic E-state index is 9.62. The number of hydrogen-bond acceptors (Lipinski definition) is 6. The number of aliphatic hydroxyl groups excluding tert-OH is 1. The van der Waals surface area contributed by atoms with Crippen LogP contribution in [-0.4, -0.2) is 63.4 Å². The van der Waals surface area contributed by atoms with Crippen LogP contribution in [0, 0.1) is 6.92 Å². The molecule has 1 aromatic carbocycles. The second-order valence-corrected chi connectivity index (χ2v) is 7.18. The van der Waals surface area contributed by atoms with Gasteiger partial charge in [-0.15, -0.1) is 10.2 Å². The van der Waals surface area contributed by atoms with E-state index < -0.39 is 0 Å². The van der Waals surface area contributed by atoms with Crippen LogP contribution in [0.1, 0.15) is 38.3 Å². The molecule has 1 aliphatic rings. The quantitative estimate of drug-likeness (QED) is 0.899. The van der Waals surface area contributed by atoms with Crippen LogP contribution in [-0.2, 0) is 0 Å². The molecule has 2 aromatic rings. The Morgan fingerprint density at radius 3 is 2.56 bits per heavy atom. The van der Waals surface area contributed by atoms with Crippen LogP contribution in [0.25, 0.3) is 11.5 Å². The van der Waals surface area contributed by atoms with E-state index in [1.165, 1.54) is 5.56 Å². The monoisotopic (exact) mass is 344 g/mol. The summed E-state index contributed by atoms with van der Waals surface area (Å²) in [4.78, 5) is 4.70. The average molecular weight is 344 g/mol. The molecule has 1 saturated heterocycles. The number of benzene rings is 1. The van der Waals surface area contributed by atoms with Crippen molar-refractivity contribution in [1.82, 2.24) is 20.0 Å². The summed E-state index contributed by atoms with van der Waals surface area (Å²) in [6.07, 6.45) is -0.292. The molecule has 0 radical (unpaired) electrons. The largest absolute Gasteiger partial charge is 0.419 e. The summed E-state index contributed by atoms with van der Waals surface area (Å²) in [5.74, 6) is 1.23. The fourth-order valence-corrected chi connectivity index (χ4v) is 3.36. The van der Waals surface area contributed by atoms with Gasteiger partial charge in [0.15, 0.2) is 0 Å². The lowest BCUT2D eigenvalue weighted by Crippen LogP contribution is -2.53. The molecule has 2 heterocycles. The minimum Gasteiger partial charge on any atom is -0.419 e. The summed E-state index contributed by atoms with van der Waals surface area (Å²) in [7, 11) is 0. The Hall–Kier alpha value is -1.76. The van der Waals surface area contributed by atoms with Gasteiger partial charge in [0.05, 0.1) is 12.1 Å². The Morgan fingerprint density at radius 1 is 1.20 bits per heavy atom. The summed E-state index contributed by atoms with van der Waals surface area (Å²) in [6, 6.07) is 8.59. The zero-order valence-corrected chi connectivity index (χ0v) is 15.5. The highest BCUT2D eigenvalue weighted by Crippen LogP contribution is 2.26. The molecule has 25 heavy (non-hydrogen) atoms. The second kappa shape index (κ2) is 7.64. The minimum absolute atomic E-state index is 0.0860. The van der Waals surface area contributed by atoms with E-state index in [1.54, 1.807) is 0 Å². The van der Waals surface area contributed by atoms with Crippen molar-refractivity contribution in [3.8, 4) is 11.5 Å². The summed E-state index contributed by atoms with van der Waals surface area (Å²) >= 11 is 0. The molecule has 3 rings (SSSR count). The highest BCUT2D eigenvalue weighted by Gasteiger charge is 2.30. The molecule has 1 aromatic heterocycles. The molecular weight excluding hydrogens is 316 g/mol. The number of rotatable bonds is 5. The molecule has 0 spiro atoms. The number of aryl methyl sites for hydroxylation is 1. The first kappa shape index (κ1) is 18.0. The third kappa shape index (κ3) is 4.26. The number of β-amino-alcohol motifs (C(OH)–C–C–N with tert-alkyl or cyclic N) is 1. The number of aromatic nitrogens is 2. The molecule has 0 bridgehead atoms. The zero-order valence-electron chi connectivity index (χ0n) is 15.5. The van der Waals surface area contributed by atoms with Crippen molar-refractivity contribution in [3.63, 3.8) is 0 Å². The molecule has 0 amide bonds. The van der Waals surface area contributed by atoms with Gasteiger partial charge in [-0.3, -0.25) is 9.80 Å². The minimum atomic E-state index is -0.292. The molecule has 1 aliphatic heterocycles. The first-order valence-electron chi connectivity index (χ1n) is 9.00. The summed E-state index contributed by atoms with van der Waals surface area (Å²) in [5, 5.41) is 18.1. The van der Waals surface area contributed by atoms with Gasteiger partial charge < -0.3 is 9.52 Å². The van der Waals surface area contributed by atoms with E-state index >= 15 is 0 Å². The summed E-state index contributed by atoms with van der Waals surface area (Å²) < 4.78 is 5.93. The third-order valence-electron chi connectivity index (χ3n) is 4.94. The van der Waals surface area contributed by atoms with Crippen molar-refractivity contribution in [2.45, 2.75) is 45.9 Å². The Bertz CT molecular complexity index is 683. The van der Waals surface area contributed by atoms with Gasteiger partial charge >= 0.3 is 0 Å². The number of piperazine rings is 1. The van der Waals surface area contributed by atoms with Crippen molar-refractivity contribution < 1.29 is 9.52 Å². The normalized spacial score (nSPS) is 22.0. The van der Waals surface area contributed by atoms with Gasteiger partial charge in [0, 0.05) is 37.8 Å². The molecule has 3 atom stereocenters. The van der Waals surface area contributed by atoms with Gasteiger partial charge in [0.25, 0.3) is 0 Å². The van der Waals surface area contributed by atoms with Gasteiger partial charge in [-0.05, 0) is 39.8 Å². The van der Waals surface area contributed by atoms with E-state index in [-0.39, 0.29) is 12.1 Å². The fourth-order valence-electron chi connectivity index (χ4n) is 3.36. The second-order valence-electron chi connectivity index (χ2n) is 7.18. The van der Waals surface area contributed by atoms with Crippen LogP contribution < -0.4 is 0 Å². The molecular formula is C19H28N4O2. The maximum absolute atomic E-state index is 9.62. The Labute approximate surface area is 149 Å². The van der Waals surface area contributed by atoms with E-state index in [4.69, 9.17) is 4.42 Å². The van der Waals surface area contributed by atoms with Crippen LogP contribution in [0.5, 0.6) is 0 Å². The topological polar surface area (TPSA) is 65.6 Å². The lowest BCUT2D eigenvalue weighted by atomic mass is 10.1. The highest BCUT2D eigenvalue weighted by molar-refractivity contribution is 5.52. The molecule has 1 N–H and O–H groups in total. The predicted molar refractivity (Wildman–Crippen MR) is 97.2 cm³/mol.